The topological polar surface area (TPSA) is 65.3 Å². The van der Waals surface area contributed by atoms with E-state index in [0.717, 1.165) is 28.0 Å². The summed E-state index contributed by atoms with van der Waals surface area (Å²) in [7, 11) is 0. The van der Waals surface area contributed by atoms with Crippen LogP contribution in [-0.2, 0) is 6.61 Å². The molecule has 2 aromatic carbocycles. The van der Waals surface area contributed by atoms with Gasteiger partial charge >= 0.3 is 0 Å². The van der Waals surface area contributed by atoms with Crippen molar-refractivity contribution < 1.29 is 9.66 Å². The van der Waals surface area contributed by atoms with Crippen LogP contribution in [0, 0.1) is 10.1 Å². The maximum absolute atomic E-state index is 11.2. The zero-order valence-corrected chi connectivity index (χ0v) is 15.5. The number of hydrogen-bond acceptors (Lipinski definition) is 4. The average Bonchev–Trinajstić information content (AvgIpc) is 2.86. The molecule has 6 heteroatoms. The van der Waals surface area contributed by atoms with Crippen molar-refractivity contribution in [1.82, 2.24) is 4.98 Å². The number of allylic oxidation sites excluding steroid dienone is 2. The van der Waals surface area contributed by atoms with E-state index in [1.165, 1.54) is 6.07 Å². The predicted octanol–water partition coefficient (Wildman–Crippen LogP) is 5.68. The highest BCUT2D eigenvalue weighted by Crippen LogP contribution is 2.42. The van der Waals surface area contributed by atoms with E-state index in [-0.39, 0.29) is 5.69 Å². The van der Waals surface area contributed by atoms with Crippen LogP contribution >= 0.6 is 11.6 Å². The van der Waals surface area contributed by atoms with Gasteiger partial charge in [0.25, 0.3) is 5.69 Å². The van der Waals surface area contributed by atoms with Crippen molar-refractivity contribution >= 4 is 28.4 Å². The summed E-state index contributed by atoms with van der Waals surface area (Å²) < 4.78 is 5.95. The molecule has 0 saturated carbocycles. The molecule has 4 rings (SSSR count). The number of benzene rings is 2. The number of rotatable bonds is 3. The number of pyridine rings is 1. The lowest BCUT2D eigenvalue weighted by Crippen LogP contribution is -1.99. The zero-order valence-electron chi connectivity index (χ0n) is 14.8. The molecule has 0 atom stereocenters. The van der Waals surface area contributed by atoms with E-state index in [0.29, 0.717) is 22.9 Å². The standard InChI is InChI=1S/C22H15ClN2O3/c1-2-17(14-5-3-6-16(11-14)25(26)27)22-18-7-4-10-24-20(18)13-28-21-12-15(23)8-9-19(21)22/h2-12H,1,13H2. The molecule has 0 bridgehead atoms. The Labute approximate surface area is 166 Å². The maximum Gasteiger partial charge on any atom is 0.270 e. The number of aromatic nitrogens is 1. The summed E-state index contributed by atoms with van der Waals surface area (Å²) in [5.41, 5.74) is 4.81. The van der Waals surface area contributed by atoms with Crippen molar-refractivity contribution in [2.75, 3.05) is 0 Å². The maximum atomic E-state index is 11.2. The fourth-order valence-electron chi connectivity index (χ4n) is 3.34. The first-order chi connectivity index (χ1) is 13.6. The molecule has 28 heavy (non-hydrogen) atoms. The van der Waals surface area contributed by atoms with Crippen molar-refractivity contribution in [3.8, 4) is 5.75 Å². The Kier molecular flexibility index (Phi) is 4.67. The number of nitrogens with zero attached hydrogens (tertiary/aromatic N) is 2. The fourth-order valence-corrected chi connectivity index (χ4v) is 3.50. The zero-order chi connectivity index (χ0) is 19.7. The smallest absolute Gasteiger partial charge is 0.270 e. The Morgan fingerprint density at radius 3 is 2.82 bits per heavy atom. The lowest BCUT2D eigenvalue weighted by atomic mass is 9.88. The number of non-ortho nitro benzene ring substituents is 1. The molecule has 0 radical (unpaired) electrons. The van der Waals surface area contributed by atoms with Crippen molar-refractivity contribution in [3.05, 3.63) is 111 Å². The molecule has 0 aliphatic carbocycles. The van der Waals surface area contributed by atoms with E-state index in [1.54, 1.807) is 36.5 Å². The molecule has 1 aliphatic heterocycles. The highest BCUT2D eigenvalue weighted by atomic mass is 35.5. The molecular weight excluding hydrogens is 376 g/mol. The van der Waals surface area contributed by atoms with Crippen LogP contribution in [0.2, 0.25) is 5.02 Å². The lowest BCUT2D eigenvalue weighted by molar-refractivity contribution is -0.384. The number of halogens is 1. The summed E-state index contributed by atoms with van der Waals surface area (Å²) in [5, 5.41) is 11.8. The summed E-state index contributed by atoms with van der Waals surface area (Å²) >= 11 is 6.17. The monoisotopic (exact) mass is 390 g/mol. The van der Waals surface area contributed by atoms with Crippen LogP contribution in [0.3, 0.4) is 0 Å². The van der Waals surface area contributed by atoms with Crippen molar-refractivity contribution in [2.24, 2.45) is 0 Å². The van der Waals surface area contributed by atoms with E-state index < -0.39 is 4.92 Å². The molecule has 0 unspecified atom stereocenters. The molecule has 5 nitrogen and oxygen atoms in total. The van der Waals surface area contributed by atoms with Gasteiger partial charge in [-0.1, -0.05) is 42.5 Å². The number of fused-ring (bicyclic) bond motifs is 2. The normalized spacial score (nSPS) is 14.2. The third-order valence-corrected chi connectivity index (χ3v) is 4.81. The van der Waals surface area contributed by atoms with Gasteiger partial charge in [-0.25, -0.2) is 0 Å². The third-order valence-electron chi connectivity index (χ3n) is 4.58. The molecule has 2 heterocycles. The van der Waals surface area contributed by atoms with Crippen LogP contribution in [-0.4, -0.2) is 9.91 Å². The number of nitro groups is 1. The Morgan fingerprint density at radius 2 is 2.04 bits per heavy atom. The number of hydrogen-bond donors (Lipinski definition) is 0. The van der Waals surface area contributed by atoms with Crippen LogP contribution in [0.15, 0.2) is 73.4 Å². The molecule has 0 N–H and O–H groups in total. The molecule has 0 fully saturated rings. The van der Waals surface area contributed by atoms with Crippen molar-refractivity contribution in [1.29, 1.82) is 0 Å². The van der Waals surface area contributed by atoms with Gasteiger partial charge in [0, 0.05) is 40.1 Å². The Bertz CT molecular complexity index is 1140. The molecule has 1 aromatic heterocycles. The predicted molar refractivity (Wildman–Crippen MR) is 109 cm³/mol. The van der Waals surface area contributed by atoms with E-state index in [2.05, 4.69) is 11.6 Å². The summed E-state index contributed by atoms with van der Waals surface area (Å²) in [4.78, 5) is 15.3. The summed E-state index contributed by atoms with van der Waals surface area (Å²) in [5.74, 6) is 0.630. The minimum Gasteiger partial charge on any atom is -0.487 e. The first-order valence-electron chi connectivity index (χ1n) is 8.57. The summed E-state index contributed by atoms with van der Waals surface area (Å²) in [6, 6.07) is 15.8. The van der Waals surface area contributed by atoms with E-state index in [4.69, 9.17) is 16.3 Å². The van der Waals surface area contributed by atoms with Gasteiger partial charge in [0.1, 0.15) is 12.4 Å². The quantitative estimate of drug-likeness (QED) is 0.426. The van der Waals surface area contributed by atoms with Crippen LogP contribution in [0.4, 0.5) is 5.69 Å². The molecule has 138 valence electrons. The van der Waals surface area contributed by atoms with Gasteiger partial charge in [0.15, 0.2) is 0 Å². The van der Waals surface area contributed by atoms with E-state index in [1.807, 2.05) is 24.3 Å². The van der Waals surface area contributed by atoms with Gasteiger partial charge in [-0.3, -0.25) is 15.1 Å². The molecular formula is C22H15ClN2O3. The van der Waals surface area contributed by atoms with Gasteiger partial charge in [0.2, 0.25) is 0 Å². The van der Waals surface area contributed by atoms with Crippen LogP contribution < -0.4 is 4.74 Å². The van der Waals surface area contributed by atoms with Crippen LogP contribution in [0.1, 0.15) is 22.4 Å². The van der Waals surface area contributed by atoms with Crippen molar-refractivity contribution in [3.63, 3.8) is 0 Å². The minimum absolute atomic E-state index is 0.0186. The highest BCUT2D eigenvalue weighted by Gasteiger charge is 2.23. The summed E-state index contributed by atoms with van der Waals surface area (Å²) in [6.07, 6.45) is 3.42. The molecule has 0 saturated heterocycles. The number of nitro benzene ring substituents is 1. The van der Waals surface area contributed by atoms with Gasteiger partial charge in [0.05, 0.1) is 10.6 Å². The fraction of sp³-hybridized carbons (Fsp3) is 0.0455. The van der Waals surface area contributed by atoms with Gasteiger partial charge < -0.3 is 4.74 Å². The second-order valence-electron chi connectivity index (χ2n) is 6.23. The van der Waals surface area contributed by atoms with E-state index >= 15 is 0 Å². The SMILES string of the molecule is C=CC(=C1c2ccc(Cl)cc2OCc2ncccc21)c1cccc([N+](=O)[O-])c1. The first-order valence-corrected chi connectivity index (χ1v) is 8.95. The first kappa shape index (κ1) is 17.9. The Hall–Kier alpha value is -3.44. The molecule has 3 aromatic rings. The molecule has 1 aliphatic rings. The largest absolute Gasteiger partial charge is 0.487 e. The highest BCUT2D eigenvalue weighted by molar-refractivity contribution is 6.30. The second-order valence-corrected chi connectivity index (χ2v) is 6.66. The Morgan fingerprint density at radius 1 is 1.18 bits per heavy atom. The lowest BCUT2D eigenvalue weighted by Gasteiger charge is -2.15. The van der Waals surface area contributed by atoms with Gasteiger partial charge in [-0.15, -0.1) is 0 Å². The Balaban J connectivity index is 2.07. The van der Waals surface area contributed by atoms with Crippen molar-refractivity contribution in [2.45, 2.75) is 6.61 Å². The second kappa shape index (κ2) is 7.29. The third kappa shape index (κ3) is 3.17. The van der Waals surface area contributed by atoms with Gasteiger partial charge in [-0.05, 0) is 35.4 Å². The molecule has 0 amide bonds. The molecule has 0 spiro atoms. The minimum atomic E-state index is -0.408. The average molecular weight is 391 g/mol. The summed E-state index contributed by atoms with van der Waals surface area (Å²) in [6.45, 7) is 4.26. The van der Waals surface area contributed by atoms with Gasteiger partial charge in [-0.2, -0.15) is 0 Å². The number of ether oxygens (including phenoxy) is 1. The van der Waals surface area contributed by atoms with Crippen LogP contribution in [0.5, 0.6) is 5.75 Å². The van der Waals surface area contributed by atoms with E-state index in [9.17, 15) is 10.1 Å². The van der Waals surface area contributed by atoms with Crippen LogP contribution in [0.25, 0.3) is 11.1 Å².